The van der Waals surface area contributed by atoms with Crippen LogP contribution in [0.15, 0.2) is 35.4 Å². The molecule has 27 heavy (non-hydrogen) atoms. The number of nitrogens with one attached hydrogen (secondary N) is 1. The minimum absolute atomic E-state index is 0.0643. The maximum Gasteiger partial charge on any atom is 0.241 e. The quantitative estimate of drug-likeness (QED) is 0.485. The van der Waals surface area contributed by atoms with Crippen LogP contribution < -0.4 is 4.72 Å². The van der Waals surface area contributed by atoms with E-state index in [9.17, 15) is 8.42 Å². The van der Waals surface area contributed by atoms with Gasteiger partial charge in [-0.15, -0.1) is 5.73 Å². The molecule has 0 radical (unpaired) electrons. The number of rotatable bonds is 8. The van der Waals surface area contributed by atoms with E-state index in [0.717, 1.165) is 16.7 Å². The zero-order chi connectivity index (χ0) is 21.0. The molecule has 0 heterocycles. The average molecular weight is 410 g/mol. The second-order valence-corrected chi connectivity index (χ2v) is 15.2. The molecular formula is C21H35NO3SSi. The van der Waals surface area contributed by atoms with Crippen LogP contribution in [0.25, 0.3) is 0 Å². The fourth-order valence-corrected chi connectivity index (χ4v) is 5.51. The molecular weight excluding hydrogens is 374 g/mol. The Kier molecular flexibility index (Phi) is 7.85. The smallest absolute Gasteiger partial charge is 0.241 e. The van der Waals surface area contributed by atoms with E-state index in [2.05, 4.69) is 50.9 Å². The van der Waals surface area contributed by atoms with Gasteiger partial charge in [-0.05, 0) is 62.5 Å². The van der Waals surface area contributed by atoms with Crippen molar-refractivity contribution in [1.82, 2.24) is 4.72 Å². The van der Waals surface area contributed by atoms with E-state index in [4.69, 9.17) is 4.43 Å². The van der Waals surface area contributed by atoms with Crippen LogP contribution in [0.2, 0.25) is 18.1 Å². The van der Waals surface area contributed by atoms with Crippen molar-refractivity contribution in [1.29, 1.82) is 0 Å². The molecule has 0 unspecified atom stereocenters. The molecule has 1 rings (SSSR count). The summed E-state index contributed by atoms with van der Waals surface area (Å²) in [7, 11) is -5.63. The van der Waals surface area contributed by atoms with Crippen LogP contribution in [0.4, 0.5) is 0 Å². The molecule has 4 nitrogen and oxygen atoms in total. The summed E-state index contributed by atoms with van der Waals surface area (Å²) < 4.78 is 35.2. The molecule has 0 saturated heterocycles. The van der Waals surface area contributed by atoms with E-state index in [1.54, 1.807) is 6.08 Å². The maximum absolute atomic E-state index is 13.1. The lowest BCUT2D eigenvalue weighted by molar-refractivity contribution is 0.255. The van der Waals surface area contributed by atoms with Gasteiger partial charge in [-0.3, -0.25) is 0 Å². The third-order valence-corrected chi connectivity index (χ3v) is 11.5. The van der Waals surface area contributed by atoms with Crippen LogP contribution in [0.3, 0.4) is 0 Å². The number of hydrogen-bond acceptors (Lipinski definition) is 3. The lowest BCUT2D eigenvalue weighted by Gasteiger charge is -2.37. The third kappa shape index (κ3) is 6.44. The van der Waals surface area contributed by atoms with Crippen molar-refractivity contribution in [3.63, 3.8) is 0 Å². The van der Waals surface area contributed by atoms with Gasteiger partial charge in [0.2, 0.25) is 10.0 Å². The molecule has 1 atom stereocenters. The monoisotopic (exact) mass is 409 g/mol. The summed E-state index contributed by atoms with van der Waals surface area (Å²) in [5.74, 6) is 0. The summed E-state index contributed by atoms with van der Waals surface area (Å²) in [6.45, 7) is 20.4. The van der Waals surface area contributed by atoms with Gasteiger partial charge in [0.25, 0.3) is 0 Å². The van der Waals surface area contributed by atoms with Crippen molar-refractivity contribution >= 4 is 18.3 Å². The highest BCUT2D eigenvalue weighted by Gasteiger charge is 2.38. The Morgan fingerprint density at radius 3 is 2.19 bits per heavy atom. The van der Waals surface area contributed by atoms with Gasteiger partial charge in [-0.25, -0.2) is 13.1 Å². The Morgan fingerprint density at radius 2 is 1.74 bits per heavy atom. The summed E-state index contributed by atoms with van der Waals surface area (Å²) in [6, 6.07) is 3.43. The summed E-state index contributed by atoms with van der Waals surface area (Å²) in [5.41, 5.74) is 5.29. The number of aryl methyl sites for hydroxylation is 3. The van der Waals surface area contributed by atoms with E-state index in [1.807, 2.05) is 32.9 Å². The molecule has 0 spiro atoms. The molecule has 0 fully saturated rings. The zero-order valence-corrected chi connectivity index (χ0v) is 19.9. The fraction of sp³-hybridized carbons (Fsp3) is 0.571. The molecule has 0 aromatic heterocycles. The Bertz CT molecular complexity index is 793. The molecule has 0 aliphatic heterocycles. The summed E-state index contributed by atoms with van der Waals surface area (Å²) >= 11 is 0. The van der Waals surface area contributed by atoms with Gasteiger partial charge in [0, 0.05) is 6.04 Å². The molecule has 1 aromatic carbocycles. The van der Waals surface area contributed by atoms with Gasteiger partial charge >= 0.3 is 0 Å². The van der Waals surface area contributed by atoms with Crippen LogP contribution in [0.5, 0.6) is 0 Å². The normalized spacial score (nSPS) is 13.9. The summed E-state index contributed by atoms with van der Waals surface area (Å²) in [4.78, 5) is 0.355. The summed E-state index contributed by atoms with van der Waals surface area (Å²) in [6.07, 6.45) is 2.23. The molecule has 0 aliphatic rings. The Labute approximate surface area is 166 Å². The van der Waals surface area contributed by atoms with Crippen molar-refractivity contribution in [3.05, 3.63) is 47.2 Å². The van der Waals surface area contributed by atoms with Crippen LogP contribution in [-0.4, -0.2) is 29.4 Å². The predicted molar refractivity (Wildman–Crippen MR) is 116 cm³/mol. The van der Waals surface area contributed by atoms with Crippen molar-refractivity contribution in [2.45, 2.75) is 77.0 Å². The van der Waals surface area contributed by atoms with Crippen LogP contribution in [-0.2, 0) is 14.4 Å². The first-order valence-electron chi connectivity index (χ1n) is 9.29. The van der Waals surface area contributed by atoms with Gasteiger partial charge in [0.05, 0.1) is 11.5 Å². The molecule has 1 aromatic rings. The van der Waals surface area contributed by atoms with E-state index in [-0.39, 0.29) is 11.1 Å². The number of benzene rings is 1. The highest BCUT2D eigenvalue weighted by Crippen LogP contribution is 2.36. The number of hydrogen-bond donors (Lipinski definition) is 1. The molecule has 6 heteroatoms. The molecule has 1 N–H and O–H groups in total. The van der Waals surface area contributed by atoms with Crippen molar-refractivity contribution in [3.8, 4) is 0 Å². The van der Waals surface area contributed by atoms with Gasteiger partial charge in [0.1, 0.15) is 0 Å². The first kappa shape index (κ1) is 23.9. The van der Waals surface area contributed by atoms with Gasteiger partial charge in [-0.2, -0.15) is 0 Å². The molecule has 0 aliphatic carbocycles. The van der Waals surface area contributed by atoms with Crippen molar-refractivity contribution in [2.24, 2.45) is 0 Å². The minimum atomic E-state index is -3.65. The topological polar surface area (TPSA) is 55.4 Å². The second-order valence-electron chi connectivity index (χ2n) is 8.76. The molecule has 152 valence electrons. The summed E-state index contributed by atoms with van der Waals surface area (Å²) in [5, 5.41) is 0.0643. The Balaban J connectivity index is 3.11. The van der Waals surface area contributed by atoms with Gasteiger partial charge in [0.15, 0.2) is 8.32 Å². The molecule has 0 saturated carbocycles. The van der Waals surface area contributed by atoms with E-state index in [0.29, 0.717) is 17.9 Å². The number of sulfonamides is 1. The average Bonchev–Trinajstić information content (AvgIpc) is 2.47. The molecule has 0 bridgehead atoms. The highest BCUT2D eigenvalue weighted by molar-refractivity contribution is 7.89. The van der Waals surface area contributed by atoms with Crippen LogP contribution in [0.1, 0.15) is 43.9 Å². The van der Waals surface area contributed by atoms with E-state index >= 15 is 0 Å². The third-order valence-electron chi connectivity index (χ3n) is 5.19. The maximum atomic E-state index is 13.1. The first-order chi connectivity index (χ1) is 12.2. The molecule has 0 amide bonds. The Hall–Kier alpha value is -1.17. The van der Waals surface area contributed by atoms with Crippen molar-refractivity contribution in [2.75, 3.05) is 6.61 Å². The van der Waals surface area contributed by atoms with Gasteiger partial charge < -0.3 is 4.43 Å². The zero-order valence-electron chi connectivity index (χ0n) is 18.1. The second kappa shape index (κ2) is 8.89. The predicted octanol–water partition coefficient (Wildman–Crippen LogP) is 5.01. The largest absolute Gasteiger partial charge is 0.415 e. The Morgan fingerprint density at radius 1 is 1.22 bits per heavy atom. The minimum Gasteiger partial charge on any atom is -0.415 e. The van der Waals surface area contributed by atoms with Gasteiger partial charge in [-0.1, -0.05) is 45.0 Å². The van der Waals surface area contributed by atoms with Crippen LogP contribution in [0, 0.1) is 20.8 Å². The van der Waals surface area contributed by atoms with Crippen molar-refractivity contribution < 1.29 is 12.8 Å². The van der Waals surface area contributed by atoms with E-state index < -0.39 is 18.3 Å². The first-order valence-corrected chi connectivity index (χ1v) is 13.7. The highest BCUT2D eigenvalue weighted by atomic mass is 32.2. The SMILES string of the molecule is C=C=CC[C@H](CO[Si](C)(C)C(C)(C)C)NS(=O)(=O)c1c(C)cc(C)cc1C. The lowest BCUT2D eigenvalue weighted by atomic mass is 10.1. The van der Waals surface area contributed by atoms with E-state index in [1.165, 1.54) is 0 Å². The lowest BCUT2D eigenvalue weighted by Crippen LogP contribution is -2.46. The van der Waals surface area contributed by atoms with Crippen LogP contribution >= 0.6 is 0 Å². The standard InChI is InChI=1S/C21H35NO3SSi/c1-10-11-12-19(15-25-27(8,9)21(5,6)7)22-26(23,24)20-17(3)13-16(2)14-18(20)4/h11,13-14,19,22H,1,12,15H2,2-9H3/t19-/m1/s1. The fourth-order valence-electron chi connectivity index (χ4n) is 2.77.